The smallest absolute Gasteiger partial charge is 0.234 e. The molecule has 0 bridgehead atoms. The fourth-order valence-corrected chi connectivity index (χ4v) is 1.21. The molecule has 0 aliphatic carbocycles. The highest BCUT2D eigenvalue weighted by Gasteiger charge is 2.17. The van der Waals surface area contributed by atoms with Crippen molar-refractivity contribution in [1.29, 1.82) is 0 Å². The summed E-state index contributed by atoms with van der Waals surface area (Å²) in [5, 5.41) is 5.48. The molecule has 1 unspecified atom stereocenters. The van der Waals surface area contributed by atoms with Gasteiger partial charge in [-0.25, -0.2) is 0 Å². The normalized spacial score (nSPS) is 12.3. The standard InChI is InChI=1S/C11H21BrN2O2/c1-4-6-13-9(15)5-7-14-11(16)10(12)8(2)3/h8,10H,4-7H2,1-3H3,(H,13,15)(H,14,16). The summed E-state index contributed by atoms with van der Waals surface area (Å²) in [4.78, 5) is 22.5. The quantitative estimate of drug-likeness (QED) is 0.698. The number of carbonyl (C=O) groups excluding carboxylic acids is 2. The van der Waals surface area contributed by atoms with E-state index in [1.165, 1.54) is 0 Å². The Morgan fingerprint density at radius 3 is 2.31 bits per heavy atom. The maximum absolute atomic E-state index is 11.5. The Hall–Kier alpha value is -0.580. The highest BCUT2D eigenvalue weighted by Crippen LogP contribution is 2.11. The third kappa shape index (κ3) is 6.82. The predicted molar refractivity (Wildman–Crippen MR) is 68.5 cm³/mol. The molecular formula is C11H21BrN2O2. The molecule has 0 aliphatic rings. The molecule has 0 saturated carbocycles. The minimum absolute atomic E-state index is 0.0159. The number of carbonyl (C=O) groups is 2. The summed E-state index contributed by atoms with van der Waals surface area (Å²) in [5.74, 6) is 0.171. The number of amides is 2. The van der Waals surface area contributed by atoms with Gasteiger partial charge in [-0.2, -0.15) is 0 Å². The highest BCUT2D eigenvalue weighted by atomic mass is 79.9. The van der Waals surface area contributed by atoms with E-state index in [0.29, 0.717) is 19.5 Å². The summed E-state index contributed by atoms with van der Waals surface area (Å²) in [6, 6.07) is 0. The lowest BCUT2D eigenvalue weighted by molar-refractivity contribution is -0.122. The molecule has 94 valence electrons. The molecule has 0 saturated heterocycles. The average molecular weight is 293 g/mol. The average Bonchev–Trinajstić information content (AvgIpc) is 2.24. The number of hydrogen-bond acceptors (Lipinski definition) is 2. The highest BCUT2D eigenvalue weighted by molar-refractivity contribution is 9.10. The van der Waals surface area contributed by atoms with Crippen LogP contribution < -0.4 is 10.6 Å². The minimum Gasteiger partial charge on any atom is -0.356 e. The summed E-state index contributed by atoms with van der Waals surface area (Å²) >= 11 is 3.30. The number of alkyl halides is 1. The lowest BCUT2D eigenvalue weighted by Gasteiger charge is -2.13. The second-order valence-corrected chi connectivity index (χ2v) is 5.02. The van der Waals surface area contributed by atoms with Crippen molar-refractivity contribution >= 4 is 27.7 Å². The van der Waals surface area contributed by atoms with E-state index in [1.54, 1.807) is 0 Å². The molecule has 2 amide bonds. The molecule has 0 aliphatic heterocycles. The first-order valence-corrected chi connectivity index (χ1v) is 6.59. The number of halogens is 1. The van der Waals surface area contributed by atoms with E-state index in [4.69, 9.17) is 0 Å². The van der Waals surface area contributed by atoms with Gasteiger partial charge in [0.2, 0.25) is 11.8 Å². The lowest BCUT2D eigenvalue weighted by Crippen LogP contribution is -2.36. The van der Waals surface area contributed by atoms with Gasteiger partial charge in [-0.05, 0) is 12.3 Å². The molecule has 0 heterocycles. The van der Waals surface area contributed by atoms with Crippen molar-refractivity contribution in [2.45, 2.75) is 38.4 Å². The largest absolute Gasteiger partial charge is 0.356 e. The lowest BCUT2D eigenvalue weighted by atomic mass is 10.1. The van der Waals surface area contributed by atoms with Gasteiger partial charge in [-0.1, -0.05) is 36.7 Å². The Labute approximate surface area is 106 Å². The first-order chi connectivity index (χ1) is 7.49. The molecule has 5 heteroatoms. The molecule has 0 fully saturated rings. The van der Waals surface area contributed by atoms with Crippen LogP contribution in [0.25, 0.3) is 0 Å². The van der Waals surface area contributed by atoms with Gasteiger partial charge in [0, 0.05) is 19.5 Å². The molecule has 1 atom stereocenters. The predicted octanol–water partition coefficient (Wildman–Crippen LogP) is 1.44. The second kappa shape index (κ2) is 8.56. The Morgan fingerprint density at radius 1 is 1.19 bits per heavy atom. The zero-order valence-electron chi connectivity index (χ0n) is 10.2. The fourth-order valence-electron chi connectivity index (χ4n) is 1.05. The molecule has 0 aromatic carbocycles. The maximum Gasteiger partial charge on any atom is 0.234 e. The second-order valence-electron chi connectivity index (χ2n) is 4.04. The first kappa shape index (κ1) is 15.4. The van der Waals surface area contributed by atoms with Crippen LogP contribution in [0.3, 0.4) is 0 Å². The Kier molecular flexibility index (Phi) is 8.25. The summed E-state index contributed by atoms with van der Waals surface area (Å²) in [7, 11) is 0. The van der Waals surface area contributed by atoms with Gasteiger partial charge >= 0.3 is 0 Å². The number of hydrogen-bond donors (Lipinski definition) is 2. The maximum atomic E-state index is 11.5. The summed E-state index contributed by atoms with van der Waals surface area (Å²) in [6.45, 7) is 7.02. The van der Waals surface area contributed by atoms with Gasteiger partial charge in [-0.15, -0.1) is 0 Å². The van der Waals surface area contributed by atoms with Crippen molar-refractivity contribution in [2.75, 3.05) is 13.1 Å². The van der Waals surface area contributed by atoms with Gasteiger partial charge in [0.15, 0.2) is 0 Å². The van der Waals surface area contributed by atoms with E-state index < -0.39 is 0 Å². The van der Waals surface area contributed by atoms with Crippen LogP contribution in [-0.4, -0.2) is 29.7 Å². The molecule has 0 rings (SSSR count). The van der Waals surface area contributed by atoms with Crippen LogP contribution in [0, 0.1) is 5.92 Å². The van der Waals surface area contributed by atoms with E-state index in [0.717, 1.165) is 6.42 Å². The zero-order valence-corrected chi connectivity index (χ0v) is 11.8. The fraction of sp³-hybridized carbons (Fsp3) is 0.818. The van der Waals surface area contributed by atoms with Gasteiger partial charge in [0.25, 0.3) is 0 Å². The van der Waals surface area contributed by atoms with E-state index in [9.17, 15) is 9.59 Å². The van der Waals surface area contributed by atoms with Crippen LogP contribution in [0.4, 0.5) is 0 Å². The van der Waals surface area contributed by atoms with Crippen LogP contribution in [0.15, 0.2) is 0 Å². The summed E-state index contributed by atoms with van der Waals surface area (Å²) < 4.78 is 0. The van der Waals surface area contributed by atoms with E-state index >= 15 is 0 Å². The van der Waals surface area contributed by atoms with Gasteiger partial charge < -0.3 is 10.6 Å². The first-order valence-electron chi connectivity index (χ1n) is 5.67. The van der Waals surface area contributed by atoms with E-state index in [2.05, 4.69) is 26.6 Å². The third-order valence-electron chi connectivity index (χ3n) is 2.06. The molecule has 16 heavy (non-hydrogen) atoms. The van der Waals surface area contributed by atoms with Gasteiger partial charge in [-0.3, -0.25) is 9.59 Å². The Bertz CT molecular complexity index is 232. The monoisotopic (exact) mass is 292 g/mol. The number of nitrogens with one attached hydrogen (secondary N) is 2. The molecular weight excluding hydrogens is 272 g/mol. The Morgan fingerprint density at radius 2 is 1.81 bits per heavy atom. The molecule has 0 radical (unpaired) electrons. The van der Waals surface area contributed by atoms with Crippen molar-refractivity contribution in [3.8, 4) is 0 Å². The summed E-state index contributed by atoms with van der Waals surface area (Å²) in [6.07, 6.45) is 1.26. The Balaban J connectivity index is 3.65. The molecule has 0 aromatic rings. The van der Waals surface area contributed by atoms with Crippen LogP contribution >= 0.6 is 15.9 Å². The van der Waals surface area contributed by atoms with E-state index in [-0.39, 0.29) is 22.6 Å². The molecule has 0 aromatic heterocycles. The van der Waals surface area contributed by atoms with Crippen LogP contribution in [-0.2, 0) is 9.59 Å². The van der Waals surface area contributed by atoms with Crippen molar-refractivity contribution in [1.82, 2.24) is 10.6 Å². The van der Waals surface area contributed by atoms with Crippen molar-refractivity contribution in [3.05, 3.63) is 0 Å². The van der Waals surface area contributed by atoms with Crippen LogP contribution in [0.2, 0.25) is 0 Å². The third-order valence-corrected chi connectivity index (χ3v) is 3.53. The van der Waals surface area contributed by atoms with Crippen molar-refractivity contribution in [2.24, 2.45) is 5.92 Å². The minimum atomic E-state index is -0.189. The zero-order chi connectivity index (χ0) is 12.6. The van der Waals surface area contributed by atoms with Crippen molar-refractivity contribution < 1.29 is 9.59 Å². The van der Waals surface area contributed by atoms with Gasteiger partial charge in [0.1, 0.15) is 0 Å². The molecule has 4 nitrogen and oxygen atoms in total. The topological polar surface area (TPSA) is 58.2 Å². The molecule has 2 N–H and O–H groups in total. The van der Waals surface area contributed by atoms with E-state index in [1.807, 2.05) is 20.8 Å². The van der Waals surface area contributed by atoms with Gasteiger partial charge in [0.05, 0.1) is 4.83 Å². The van der Waals surface area contributed by atoms with Crippen molar-refractivity contribution in [3.63, 3.8) is 0 Å². The van der Waals surface area contributed by atoms with Crippen LogP contribution in [0.5, 0.6) is 0 Å². The number of rotatable bonds is 7. The molecule has 0 spiro atoms. The van der Waals surface area contributed by atoms with Crippen LogP contribution in [0.1, 0.15) is 33.6 Å². The SMILES string of the molecule is CCCNC(=O)CCNC(=O)C(Br)C(C)C. The summed E-state index contributed by atoms with van der Waals surface area (Å²) in [5.41, 5.74) is 0.